The van der Waals surface area contributed by atoms with E-state index >= 15 is 0 Å². The maximum Gasteiger partial charge on any atom is 0.203 e. The van der Waals surface area contributed by atoms with Gasteiger partial charge in [-0.05, 0) is 54.4 Å². The number of hydrogen-bond donors (Lipinski definition) is 0. The van der Waals surface area contributed by atoms with E-state index in [9.17, 15) is 0 Å². The van der Waals surface area contributed by atoms with Crippen molar-refractivity contribution in [3.8, 4) is 23.0 Å². The molecule has 2 aromatic carbocycles. The minimum absolute atomic E-state index is 0.0247. The molecule has 0 saturated heterocycles. The fourth-order valence-electron chi connectivity index (χ4n) is 2.71. The van der Waals surface area contributed by atoms with Crippen molar-refractivity contribution in [3.63, 3.8) is 0 Å². The zero-order valence-electron chi connectivity index (χ0n) is 14.3. The van der Waals surface area contributed by atoms with Crippen molar-refractivity contribution in [2.45, 2.75) is 13.0 Å². The number of benzene rings is 2. The minimum Gasteiger partial charge on any atom is -0.494 e. The largest absolute Gasteiger partial charge is 0.494 e. The highest BCUT2D eigenvalue weighted by Gasteiger charge is 2.32. The third kappa shape index (κ3) is 3.02. The Labute approximate surface area is 141 Å². The van der Waals surface area contributed by atoms with Crippen LogP contribution < -0.4 is 18.9 Å². The van der Waals surface area contributed by atoms with E-state index in [1.54, 1.807) is 21.3 Å². The lowest BCUT2D eigenvalue weighted by molar-refractivity contribution is 0.324. The highest BCUT2D eigenvalue weighted by atomic mass is 16.5. The Balaban J connectivity index is 1.82. The predicted molar refractivity (Wildman–Crippen MR) is 93.0 cm³/mol. The van der Waals surface area contributed by atoms with E-state index in [0.29, 0.717) is 23.9 Å². The first-order chi connectivity index (χ1) is 11.7. The topological polar surface area (TPSA) is 49.3 Å². The van der Waals surface area contributed by atoms with Gasteiger partial charge in [0.1, 0.15) is 11.8 Å². The molecule has 126 valence electrons. The Morgan fingerprint density at radius 1 is 0.917 bits per heavy atom. The third-order valence-corrected chi connectivity index (χ3v) is 3.92. The van der Waals surface area contributed by atoms with E-state index in [1.807, 2.05) is 43.3 Å². The Morgan fingerprint density at radius 2 is 1.54 bits per heavy atom. The highest BCUT2D eigenvalue weighted by molar-refractivity contribution is 6.13. The van der Waals surface area contributed by atoms with Crippen LogP contribution in [0.15, 0.2) is 41.4 Å². The SMILES string of the molecule is CCOc1ccc(C2=NC2c2cc(OC)c(OC)c(OC)c2)cc1. The molecule has 0 bridgehead atoms. The summed E-state index contributed by atoms with van der Waals surface area (Å²) in [5, 5.41) is 0. The summed E-state index contributed by atoms with van der Waals surface area (Å²) in [4.78, 5) is 4.60. The average Bonchev–Trinajstić information content (AvgIpc) is 3.42. The molecular formula is C19H21NO4. The first-order valence-electron chi connectivity index (χ1n) is 7.82. The van der Waals surface area contributed by atoms with Crippen molar-refractivity contribution >= 4 is 5.71 Å². The van der Waals surface area contributed by atoms with Crippen molar-refractivity contribution in [2.24, 2.45) is 4.99 Å². The van der Waals surface area contributed by atoms with E-state index in [1.165, 1.54) is 0 Å². The molecule has 1 aliphatic heterocycles. The summed E-state index contributed by atoms with van der Waals surface area (Å²) in [6, 6.07) is 11.9. The number of aliphatic imine (C=N–C) groups is 1. The average molecular weight is 327 g/mol. The second kappa shape index (κ2) is 6.83. The van der Waals surface area contributed by atoms with Gasteiger partial charge < -0.3 is 18.9 Å². The molecular weight excluding hydrogens is 306 g/mol. The van der Waals surface area contributed by atoms with E-state index in [0.717, 1.165) is 22.6 Å². The number of nitrogens with zero attached hydrogens (tertiary/aromatic N) is 1. The molecule has 3 rings (SSSR count). The van der Waals surface area contributed by atoms with Crippen LogP contribution in [0, 0.1) is 0 Å². The van der Waals surface area contributed by atoms with E-state index in [4.69, 9.17) is 18.9 Å². The summed E-state index contributed by atoms with van der Waals surface area (Å²) in [5.74, 6) is 2.74. The molecule has 0 spiro atoms. The molecule has 0 aromatic heterocycles. The van der Waals surface area contributed by atoms with Crippen molar-refractivity contribution in [1.82, 2.24) is 0 Å². The zero-order valence-corrected chi connectivity index (χ0v) is 14.3. The lowest BCUT2D eigenvalue weighted by Crippen LogP contribution is -1.99. The Kier molecular flexibility index (Phi) is 4.60. The fourth-order valence-corrected chi connectivity index (χ4v) is 2.71. The van der Waals surface area contributed by atoms with Gasteiger partial charge in [-0.1, -0.05) is 0 Å². The molecule has 0 aliphatic carbocycles. The van der Waals surface area contributed by atoms with E-state index in [2.05, 4.69) is 4.99 Å². The monoisotopic (exact) mass is 327 g/mol. The highest BCUT2D eigenvalue weighted by Crippen LogP contribution is 2.44. The smallest absolute Gasteiger partial charge is 0.203 e. The van der Waals surface area contributed by atoms with Gasteiger partial charge >= 0.3 is 0 Å². The molecule has 5 heteroatoms. The molecule has 0 fully saturated rings. The van der Waals surface area contributed by atoms with Crippen LogP contribution >= 0.6 is 0 Å². The van der Waals surface area contributed by atoms with Crippen LogP contribution in [0.5, 0.6) is 23.0 Å². The molecule has 5 nitrogen and oxygen atoms in total. The van der Waals surface area contributed by atoms with Crippen molar-refractivity contribution in [3.05, 3.63) is 47.5 Å². The van der Waals surface area contributed by atoms with E-state index < -0.39 is 0 Å². The maximum absolute atomic E-state index is 5.47. The number of ether oxygens (including phenoxy) is 4. The molecule has 1 unspecified atom stereocenters. The fraction of sp³-hybridized carbons (Fsp3) is 0.316. The van der Waals surface area contributed by atoms with Crippen LogP contribution in [0.1, 0.15) is 24.1 Å². The molecule has 0 N–H and O–H groups in total. The van der Waals surface area contributed by atoms with Crippen LogP contribution in [0.3, 0.4) is 0 Å². The van der Waals surface area contributed by atoms with Gasteiger partial charge in [-0.3, -0.25) is 4.99 Å². The van der Waals surface area contributed by atoms with Gasteiger partial charge in [-0.25, -0.2) is 0 Å². The summed E-state index contributed by atoms with van der Waals surface area (Å²) < 4.78 is 21.6. The van der Waals surface area contributed by atoms with Gasteiger partial charge in [0.25, 0.3) is 0 Å². The van der Waals surface area contributed by atoms with Crippen molar-refractivity contribution < 1.29 is 18.9 Å². The third-order valence-electron chi connectivity index (χ3n) is 3.92. The molecule has 1 heterocycles. The molecule has 2 aromatic rings. The molecule has 24 heavy (non-hydrogen) atoms. The lowest BCUT2D eigenvalue weighted by Gasteiger charge is -2.13. The van der Waals surface area contributed by atoms with Gasteiger partial charge in [-0.2, -0.15) is 0 Å². The number of rotatable bonds is 7. The van der Waals surface area contributed by atoms with Crippen LogP contribution in [0.4, 0.5) is 0 Å². The second-order valence-corrected chi connectivity index (χ2v) is 5.33. The van der Waals surface area contributed by atoms with E-state index in [-0.39, 0.29) is 6.04 Å². The van der Waals surface area contributed by atoms with Crippen molar-refractivity contribution in [2.75, 3.05) is 27.9 Å². The summed E-state index contributed by atoms with van der Waals surface area (Å²) in [5.41, 5.74) is 3.16. The molecule has 0 radical (unpaired) electrons. The molecule has 0 amide bonds. The number of methoxy groups -OCH3 is 3. The lowest BCUT2D eigenvalue weighted by atomic mass is 10.0. The standard InChI is InChI=1S/C19H21NO4/c1-5-24-14-8-6-12(7-9-14)17-18(20-17)13-10-15(21-2)19(23-4)16(11-13)22-3/h6-11,18H,5H2,1-4H3. The van der Waals surface area contributed by atoms with Crippen molar-refractivity contribution in [1.29, 1.82) is 0 Å². The maximum atomic E-state index is 5.47. The van der Waals surface area contributed by atoms with Crippen LogP contribution in [-0.2, 0) is 0 Å². The summed E-state index contributed by atoms with van der Waals surface area (Å²) in [7, 11) is 4.82. The molecule has 1 aliphatic rings. The normalized spacial score (nSPS) is 15.5. The van der Waals surface area contributed by atoms with Crippen LogP contribution in [0.25, 0.3) is 0 Å². The summed E-state index contributed by atoms with van der Waals surface area (Å²) in [6.45, 7) is 2.63. The number of hydrogen-bond acceptors (Lipinski definition) is 5. The summed E-state index contributed by atoms with van der Waals surface area (Å²) >= 11 is 0. The molecule has 1 atom stereocenters. The quantitative estimate of drug-likeness (QED) is 0.779. The predicted octanol–water partition coefficient (Wildman–Crippen LogP) is 3.66. The Hall–Kier alpha value is -2.69. The van der Waals surface area contributed by atoms with Crippen LogP contribution in [-0.4, -0.2) is 33.6 Å². The zero-order chi connectivity index (χ0) is 17.1. The molecule has 0 saturated carbocycles. The second-order valence-electron chi connectivity index (χ2n) is 5.33. The van der Waals surface area contributed by atoms with Gasteiger partial charge in [0.15, 0.2) is 11.5 Å². The van der Waals surface area contributed by atoms with Gasteiger partial charge in [0.2, 0.25) is 5.75 Å². The van der Waals surface area contributed by atoms with Gasteiger partial charge in [0, 0.05) is 0 Å². The summed E-state index contributed by atoms with van der Waals surface area (Å²) in [6.07, 6.45) is 0. The minimum atomic E-state index is 0.0247. The first-order valence-corrected chi connectivity index (χ1v) is 7.82. The Morgan fingerprint density at radius 3 is 2.04 bits per heavy atom. The van der Waals surface area contributed by atoms with Crippen LogP contribution in [0.2, 0.25) is 0 Å². The van der Waals surface area contributed by atoms with Gasteiger partial charge in [-0.15, -0.1) is 0 Å². The first kappa shape index (κ1) is 16.2. The van der Waals surface area contributed by atoms with Gasteiger partial charge in [0.05, 0.1) is 33.6 Å². The Bertz CT molecular complexity index is 727.